The topological polar surface area (TPSA) is 101 Å². The predicted molar refractivity (Wildman–Crippen MR) is 106 cm³/mol. The van der Waals surface area contributed by atoms with E-state index in [9.17, 15) is 22.8 Å². The van der Waals surface area contributed by atoms with Crippen LogP contribution in [0.4, 0.5) is 11.4 Å². The first kappa shape index (κ1) is 19.8. The van der Waals surface area contributed by atoms with Gasteiger partial charge in [0.05, 0.1) is 16.9 Å². The fourth-order valence-corrected chi connectivity index (χ4v) is 5.15. The Morgan fingerprint density at radius 2 is 1.68 bits per heavy atom. The number of nitrogens with one attached hydrogen (secondary N) is 1. The van der Waals surface area contributed by atoms with Crippen molar-refractivity contribution >= 4 is 39.0 Å². The fraction of sp³-hybridized carbons (Fsp3) is 0.250. The maximum absolute atomic E-state index is 12.6. The van der Waals surface area contributed by atoms with Gasteiger partial charge in [0.1, 0.15) is 0 Å². The molecule has 0 aliphatic carbocycles. The van der Waals surface area contributed by atoms with Crippen molar-refractivity contribution in [1.29, 1.82) is 0 Å². The summed E-state index contributed by atoms with van der Waals surface area (Å²) in [6.07, 6.45) is 0. The average Bonchev–Trinajstić information content (AvgIpc) is 2.78. The normalized spacial score (nSPS) is 17.4. The van der Waals surface area contributed by atoms with Crippen LogP contribution in [0.5, 0.6) is 0 Å². The number of sulfonamides is 1. The van der Waals surface area contributed by atoms with Gasteiger partial charge in [-0.25, -0.2) is 12.7 Å². The minimum absolute atomic E-state index is 0.126. The van der Waals surface area contributed by atoms with Crippen LogP contribution >= 0.6 is 0 Å². The fourth-order valence-electron chi connectivity index (χ4n) is 3.05. The number of amides is 2. The van der Waals surface area contributed by atoms with Crippen molar-refractivity contribution < 1.29 is 22.8 Å². The van der Waals surface area contributed by atoms with Crippen molar-refractivity contribution in [3.63, 3.8) is 0 Å². The van der Waals surface area contributed by atoms with E-state index in [-0.39, 0.29) is 22.8 Å². The molecule has 146 valence electrons. The molecule has 1 N–H and O–H groups in total. The zero-order valence-electron chi connectivity index (χ0n) is 15.7. The number of hydrogen-bond donors (Lipinski definition) is 1. The van der Waals surface area contributed by atoms with Crippen molar-refractivity contribution in [3.8, 4) is 0 Å². The number of carbonyl (C=O) groups excluding carboxylic acids is 3. The van der Waals surface area contributed by atoms with Crippen molar-refractivity contribution in [2.45, 2.75) is 20.8 Å². The summed E-state index contributed by atoms with van der Waals surface area (Å²) in [4.78, 5) is 36.6. The van der Waals surface area contributed by atoms with Gasteiger partial charge in [-0.1, -0.05) is 18.2 Å². The molecular formula is C20H20N2O5S. The van der Waals surface area contributed by atoms with Gasteiger partial charge in [0.25, 0.3) is 5.91 Å². The lowest BCUT2D eigenvalue weighted by Gasteiger charge is -2.18. The van der Waals surface area contributed by atoms with Gasteiger partial charge in [0.15, 0.2) is 5.78 Å². The van der Waals surface area contributed by atoms with Crippen molar-refractivity contribution in [1.82, 2.24) is 0 Å². The van der Waals surface area contributed by atoms with Gasteiger partial charge in [-0.15, -0.1) is 0 Å². The quantitative estimate of drug-likeness (QED) is 0.796. The molecule has 1 heterocycles. The molecular weight excluding hydrogens is 380 g/mol. The Morgan fingerprint density at radius 1 is 1.04 bits per heavy atom. The third-order valence-electron chi connectivity index (χ3n) is 4.45. The van der Waals surface area contributed by atoms with Crippen molar-refractivity contribution in [2.24, 2.45) is 5.41 Å². The Labute approximate surface area is 163 Å². The molecule has 8 heteroatoms. The number of rotatable bonds is 4. The highest BCUT2D eigenvalue weighted by molar-refractivity contribution is 7.94. The van der Waals surface area contributed by atoms with Crippen LogP contribution in [0.15, 0.2) is 48.5 Å². The van der Waals surface area contributed by atoms with Crippen LogP contribution in [0, 0.1) is 5.41 Å². The van der Waals surface area contributed by atoms with Crippen LogP contribution in [0.2, 0.25) is 0 Å². The number of ketones is 1. The molecule has 0 bridgehead atoms. The highest BCUT2D eigenvalue weighted by Gasteiger charge is 2.49. The minimum Gasteiger partial charge on any atom is -0.322 e. The molecule has 1 aliphatic rings. The Morgan fingerprint density at radius 3 is 2.29 bits per heavy atom. The van der Waals surface area contributed by atoms with E-state index in [1.807, 2.05) is 0 Å². The maximum Gasteiger partial charge on any atom is 0.255 e. The molecule has 2 amide bonds. The van der Waals surface area contributed by atoms with Gasteiger partial charge in [0, 0.05) is 16.8 Å². The minimum atomic E-state index is -3.80. The van der Waals surface area contributed by atoms with Crippen LogP contribution in [-0.4, -0.2) is 31.8 Å². The molecule has 2 aromatic rings. The Hall–Kier alpha value is -3.00. The lowest BCUT2D eigenvalue weighted by Crippen LogP contribution is -2.33. The molecule has 1 aliphatic heterocycles. The van der Waals surface area contributed by atoms with Gasteiger partial charge in [-0.2, -0.15) is 0 Å². The zero-order chi connectivity index (χ0) is 20.7. The Kier molecular flexibility index (Phi) is 4.84. The van der Waals surface area contributed by atoms with E-state index >= 15 is 0 Å². The van der Waals surface area contributed by atoms with Crippen LogP contribution in [-0.2, 0) is 14.8 Å². The first-order valence-electron chi connectivity index (χ1n) is 8.61. The molecule has 0 saturated carbocycles. The highest BCUT2D eigenvalue weighted by atomic mass is 32.2. The number of Topliss-reactive ketones (excluding diaryl/α,β-unsaturated/α-hetero) is 1. The van der Waals surface area contributed by atoms with E-state index in [1.165, 1.54) is 31.2 Å². The molecule has 0 radical (unpaired) electrons. The Bertz CT molecular complexity index is 1090. The first-order valence-corrected chi connectivity index (χ1v) is 10.2. The third-order valence-corrected chi connectivity index (χ3v) is 6.47. The monoisotopic (exact) mass is 400 g/mol. The van der Waals surface area contributed by atoms with E-state index in [0.717, 1.165) is 4.31 Å². The van der Waals surface area contributed by atoms with E-state index < -0.39 is 27.3 Å². The first-order chi connectivity index (χ1) is 13.0. The molecule has 0 spiro atoms. The lowest BCUT2D eigenvalue weighted by molar-refractivity contribution is -0.123. The third kappa shape index (κ3) is 3.68. The molecule has 0 atom stereocenters. The molecule has 28 heavy (non-hydrogen) atoms. The molecule has 0 unspecified atom stereocenters. The van der Waals surface area contributed by atoms with Crippen LogP contribution in [0.25, 0.3) is 0 Å². The molecule has 0 aromatic heterocycles. The number of anilines is 2. The van der Waals surface area contributed by atoms with E-state index in [4.69, 9.17) is 0 Å². The lowest BCUT2D eigenvalue weighted by atomic mass is 9.95. The highest BCUT2D eigenvalue weighted by Crippen LogP contribution is 2.36. The second-order valence-electron chi connectivity index (χ2n) is 7.35. The number of carbonyl (C=O) groups is 3. The predicted octanol–water partition coefficient (Wildman–Crippen LogP) is 2.84. The largest absolute Gasteiger partial charge is 0.322 e. The van der Waals surface area contributed by atoms with Gasteiger partial charge in [0.2, 0.25) is 15.9 Å². The van der Waals surface area contributed by atoms with Gasteiger partial charge in [-0.05, 0) is 51.1 Å². The molecule has 1 saturated heterocycles. The smallest absolute Gasteiger partial charge is 0.255 e. The summed E-state index contributed by atoms with van der Waals surface area (Å²) in [7, 11) is -3.80. The molecule has 7 nitrogen and oxygen atoms in total. The summed E-state index contributed by atoms with van der Waals surface area (Å²) < 4.78 is 25.6. The van der Waals surface area contributed by atoms with Gasteiger partial charge < -0.3 is 5.32 Å². The summed E-state index contributed by atoms with van der Waals surface area (Å²) in [5, 5.41) is 2.68. The SMILES string of the molecule is CC(=O)c1cccc(NC(=O)c2cccc(N3C(=O)C(C)(C)CS3(=O)=O)c2)c1. The summed E-state index contributed by atoms with van der Waals surface area (Å²) in [6.45, 7) is 4.58. The Balaban J connectivity index is 1.90. The van der Waals surface area contributed by atoms with Crippen LogP contribution in [0.3, 0.4) is 0 Å². The number of benzene rings is 2. The van der Waals surface area contributed by atoms with Gasteiger partial charge in [-0.3, -0.25) is 14.4 Å². The zero-order valence-corrected chi connectivity index (χ0v) is 16.5. The second kappa shape index (κ2) is 6.87. The van der Waals surface area contributed by atoms with Crippen LogP contribution in [0.1, 0.15) is 41.5 Å². The molecule has 2 aromatic carbocycles. The van der Waals surface area contributed by atoms with E-state index in [1.54, 1.807) is 38.1 Å². The summed E-state index contributed by atoms with van der Waals surface area (Å²) in [6, 6.07) is 12.4. The average molecular weight is 400 g/mol. The number of hydrogen-bond acceptors (Lipinski definition) is 5. The van der Waals surface area contributed by atoms with E-state index in [2.05, 4.69) is 5.32 Å². The maximum atomic E-state index is 12.6. The summed E-state index contributed by atoms with van der Waals surface area (Å²) >= 11 is 0. The van der Waals surface area contributed by atoms with Crippen LogP contribution < -0.4 is 9.62 Å². The summed E-state index contributed by atoms with van der Waals surface area (Å²) in [5.74, 6) is -1.42. The molecule has 3 rings (SSSR count). The van der Waals surface area contributed by atoms with Crippen molar-refractivity contribution in [2.75, 3.05) is 15.4 Å². The second-order valence-corrected chi connectivity index (χ2v) is 9.17. The van der Waals surface area contributed by atoms with Crippen molar-refractivity contribution in [3.05, 3.63) is 59.7 Å². The molecule has 1 fully saturated rings. The van der Waals surface area contributed by atoms with Gasteiger partial charge >= 0.3 is 0 Å². The van der Waals surface area contributed by atoms with E-state index in [0.29, 0.717) is 11.3 Å². The summed E-state index contributed by atoms with van der Waals surface area (Å²) in [5.41, 5.74) is 0.195. The standard InChI is InChI=1S/C20H20N2O5S/c1-13(23)14-6-4-8-16(10-14)21-18(24)15-7-5-9-17(11-15)22-19(25)20(2,3)12-28(22,26)27/h4-11H,12H2,1-3H3,(H,21,24). The number of nitrogens with zero attached hydrogens (tertiary/aromatic N) is 1.